The zero-order valence-corrected chi connectivity index (χ0v) is 12.1. The molecule has 1 amide bonds. The predicted molar refractivity (Wildman–Crippen MR) is 76.6 cm³/mol. The minimum atomic E-state index is -1.11. The normalized spacial score (nSPS) is 24.3. The first-order valence-corrected chi connectivity index (χ1v) is 7.33. The zero-order chi connectivity index (χ0) is 15.0. The smallest absolute Gasteiger partial charge is 0.329 e. The lowest BCUT2D eigenvalue weighted by Gasteiger charge is -2.41. The van der Waals surface area contributed by atoms with Gasteiger partial charge in [-0.3, -0.25) is 4.79 Å². The van der Waals surface area contributed by atoms with Gasteiger partial charge in [-0.1, -0.05) is 0 Å². The Morgan fingerprint density at radius 2 is 2.14 bits per heavy atom. The molecule has 1 saturated heterocycles. The molecule has 5 heteroatoms. The van der Waals surface area contributed by atoms with E-state index in [1.165, 1.54) is 4.90 Å². The summed E-state index contributed by atoms with van der Waals surface area (Å²) in [5.41, 5.74) is 0.466. The molecule has 2 heterocycles. The Hall–Kier alpha value is -2.04. The summed E-state index contributed by atoms with van der Waals surface area (Å²) >= 11 is 0. The molecule has 0 spiro atoms. The van der Waals surface area contributed by atoms with Crippen molar-refractivity contribution in [3.8, 4) is 5.75 Å². The highest BCUT2D eigenvalue weighted by molar-refractivity contribution is 5.98. The van der Waals surface area contributed by atoms with Gasteiger partial charge in [-0.2, -0.15) is 0 Å². The minimum absolute atomic E-state index is 0.200. The number of carbonyl (C=O) groups excluding carboxylic acids is 1. The van der Waals surface area contributed by atoms with Gasteiger partial charge in [0.15, 0.2) is 0 Å². The Kier molecular flexibility index (Phi) is 3.35. The van der Waals surface area contributed by atoms with Crippen LogP contribution in [0.5, 0.6) is 5.75 Å². The first-order chi connectivity index (χ1) is 10.0. The van der Waals surface area contributed by atoms with Crippen molar-refractivity contribution in [2.24, 2.45) is 0 Å². The lowest BCUT2D eigenvalue weighted by Crippen LogP contribution is -2.57. The second-order valence-corrected chi connectivity index (χ2v) is 5.91. The maximum atomic E-state index is 12.7. The van der Waals surface area contributed by atoms with Gasteiger partial charge in [0.05, 0.1) is 6.61 Å². The Morgan fingerprint density at radius 1 is 1.33 bits per heavy atom. The minimum Gasteiger partial charge on any atom is -0.493 e. The van der Waals surface area contributed by atoms with E-state index in [-0.39, 0.29) is 5.91 Å². The van der Waals surface area contributed by atoms with Crippen molar-refractivity contribution in [2.75, 3.05) is 13.2 Å². The molecule has 0 aliphatic carbocycles. The van der Waals surface area contributed by atoms with E-state index >= 15 is 0 Å². The van der Waals surface area contributed by atoms with Crippen LogP contribution in [0.15, 0.2) is 18.2 Å². The molecule has 21 heavy (non-hydrogen) atoms. The average Bonchev–Trinajstić information content (AvgIpc) is 2.94. The molecule has 0 radical (unpaired) electrons. The van der Waals surface area contributed by atoms with Crippen molar-refractivity contribution in [3.63, 3.8) is 0 Å². The number of ether oxygens (including phenoxy) is 1. The number of fused-ring (bicyclic) bond motifs is 1. The second-order valence-electron chi connectivity index (χ2n) is 5.91. The maximum Gasteiger partial charge on any atom is 0.329 e. The van der Waals surface area contributed by atoms with Crippen molar-refractivity contribution >= 4 is 11.9 Å². The van der Waals surface area contributed by atoms with Crippen LogP contribution < -0.4 is 4.74 Å². The van der Waals surface area contributed by atoms with Crippen molar-refractivity contribution in [2.45, 2.75) is 38.1 Å². The highest BCUT2D eigenvalue weighted by Gasteiger charge is 2.44. The highest BCUT2D eigenvalue weighted by Crippen LogP contribution is 2.31. The number of likely N-dealkylation sites (tertiary alicyclic amines) is 1. The van der Waals surface area contributed by atoms with Gasteiger partial charge in [0.25, 0.3) is 5.91 Å². The van der Waals surface area contributed by atoms with Crippen LogP contribution in [0.2, 0.25) is 0 Å². The van der Waals surface area contributed by atoms with Gasteiger partial charge in [0.1, 0.15) is 11.3 Å². The van der Waals surface area contributed by atoms with E-state index in [2.05, 4.69) is 0 Å². The number of carboxylic acid groups (broad SMARTS) is 1. The molecule has 1 aromatic carbocycles. The molecule has 0 aromatic heterocycles. The first kappa shape index (κ1) is 13.9. The molecule has 1 N–H and O–H groups in total. The summed E-state index contributed by atoms with van der Waals surface area (Å²) in [5, 5.41) is 9.50. The van der Waals surface area contributed by atoms with Gasteiger partial charge >= 0.3 is 5.97 Å². The fraction of sp³-hybridized carbons (Fsp3) is 0.500. The Bertz CT molecular complexity index is 598. The van der Waals surface area contributed by atoms with Gasteiger partial charge in [-0.25, -0.2) is 4.79 Å². The molecule has 5 nitrogen and oxygen atoms in total. The summed E-state index contributed by atoms with van der Waals surface area (Å²) < 4.78 is 5.44. The van der Waals surface area contributed by atoms with Gasteiger partial charge in [0, 0.05) is 18.5 Å². The number of piperidine rings is 1. The van der Waals surface area contributed by atoms with Gasteiger partial charge in [-0.15, -0.1) is 0 Å². The molecule has 0 bridgehead atoms. The quantitative estimate of drug-likeness (QED) is 0.905. The van der Waals surface area contributed by atoms with E-state index in [1.807, 2.05) is 6.07 Å². The molecule has 3 rings (SSSR count). The Labute approximate surface area is 123 Å². The fourth-order valence-corrected chi connectivity index (χ4v) is 3.14. The fourth-order valence-electron chi connectivity index (χ4n) is 3.14. The molecular weight excluding hydrogens is 270 g/mol. The molecular formula is C16H19NO4. The van der Waals surface area contributed by atoms with Crippen LogP contribution in [-0.4, -0.2) is 40.6 Å². The summed E-state index contributed by atoms with van der Waals surface area (Å²) in [4.78, 5) is 25.8. The number of carboxylic acids is 1. The van der Waals surface area contributed by atoms with E-state index in [0.29, 0.717) is 25.1 Å². The lowest BCUT2D eigenvalue weighted by atomic mass is 9.87. The van der Waals surface area contributed by atoms with E-state index in [4.69, 9.17) is 4.74 Å². The van der Waals surface area contributed by atoms with Crippen molar-refractivity contribution in [1.82, 2.24) is 4.90 Å². The number of benzene rings is 1. The van der Waals surface area contributed by atoms with Crippen LogP contribution in [0, 0.1) is 0 Å². The summed E-state index contributed by atoms with van der Waals surface area (Å²) in [5.74, 6) is -0.305. The SMILES string of the molecule is CC1(C(=O)O)CCCCN1C(=O)c1ccc2c(c1)CCO2. The molecule has 1 fully saturated rings. The Morgan fingerprint density at radius 3 is 2.90 bits per heavy atom. The monoisotopic (exact) mass is 289 g/mol. The van der Waals surface area contributed by atoms with Gasteiger partial charge in [-0.05, 0) is 49.9 Å². The number of hydrogen-bond acceptors (Lipinski definition) is 3. The number of aliphatic carboxylic acids is 1. The molecule has 112 valence electrons. The number of nitrogens with zero attached hydrogens (tertiary/aromatic N) is 1. The Balaban J connectivity index is 1.91. The van der Waals surface area contributed by atoms with E-state index in [1.54, 1.807) is 19.1 Å². The average molecular weight is 289 g/mol. The second kappa shape index (κ2) is 5.06. The third kappa shape index (κ3) is 2.26. The van der Waals surface area contributed by atoms with Crippen LogP contribution in [0.3, 0.4) is 0 Å². The summed E-state index contributed by atoms with van der Waals surface area (Å²) in [6.07, 6.45) is 2.99. The molecule has 2 aliphatic heterocycles. The number of carbonyl (C=O) groups is 2. The van der Waals surface area contributed by atoms with Crippen molar-refractivity contribution < 1.29 is 19.4 Å². The summed E-state index contributed by atoms with van der Waals surface area (Å²) in [7, 11) is 0. The van der Waals surface area contributed by atoms with Crippen LogP contribution >= 0.6 is 0 Å². The van der Waals surface area contributed by atoms with Crippen LogP contribution in [-0.2, 0) is 11.2 Å². The first-order valence-electron chi connectivity index (χ1n) is 7.33. The summed E-state index contributed by atoms with van der Waals surface area (Å²) in [6.45, 7) is 2.78. The standard InChI is InChI=1S/C16H19NO4/c1-16(15(19)20)7-2-3-8-17(16)14(18)12-4-5-13-11(10-12)6-9-21-13/h4-5,10H,2-3,6-9H2,1H3,(H,19,20). The van der Waals surface area contributed by atoms with Crippen molar-refractivity contribution in [1.29, 1.82) is 0 Å². The van der Waals surface area contributed by atoms with E-state index in [9.17, 15) is 14.7 Å². The van der Waals surface area contributed by atoms with Gasteiger partial charge < -0.3 is 14.7 Å². The molecule has 1 unspecified atom stereocenters. The molecule has 0 saturated carbocycles. The van der Waals surface area contributed by atoms with Crippen LogP contribution in [0.4, 0.5) is 0 Å². The number of rotatable bonds is 2. The topological polar surface area (TPSA) is 66.8 Å². The lowest BCUT2D eigenvalue weighted by molar-refractivity contribution is -0.150. The maximum absolute atomic E-state index is 12.7. The highest BCUT2D eigenvalue weighted by atomic mass is 16.5. The largest absolute Gasteiger partial charge is 0.493 e. The molecule has 1 atom stereocenters. The predicted octanol–water partition coefficient (Wildman–Crippen LogP) is 2.09. The van der Waals surface area contributed by atoms with E-state index < -0.39 is 11.5 Å². The van der Waals surface area contributed by atoms with Crippen molar-refractivity contribution in [3.05, 3.63) is 29.3 Å². The summed E-state index contributed by atoms with van der Waals surface area (Å²) in [6, 6.07) is 5.36. The van der Waals surface area contributed by atoms with E-state index in [0.717, 1.165) is 30.6 Å². The number of hydrogen-bond donors (Lipinski definition) is 1. The van der Waals surface area contributed by atoms with Crippen LogP contribution in [0.25, 0.3) is 0 Å². The number of amides is 1. The molecule has 1 aromatic rings. The third-order valence-corrected chi connectivity index (χ3v) is 4.53. The molecule has 2 aliphatic rings. The zero-order valence-electron chi connectivity index (χ0n) is 12.1. The van der Waals surface area contributed by atoms with Gasteiger partial charge in [0.2, 0.25) is 0 Å². The van der Waals surface area contributed by atoms with Crippen LogP contribution in [0.1, 0.15) is 42.1 Å². The third-order valence-electron chi connectivity index (χ3n) is 4.53.